The van der Waals surface area contributed by atoms with Crippen LogP contribution in [0.2, 0.25) is 0 Å². The summed E-state index contributed by atoms with van der Waals surface area (Å²) in [7, 11) is 1.44. The molecule has 0 fully saturated rings. The minimum absolute atomic E-state index is 0.0847. The van der Waals surface area contributed by atoms with Gasteiger partial charge in [-0.25, -0.2) is 9.59 Å². The summed E-state index contributed by atoms with van der Waals surface area (Å²) in [5.41, 5.74) is 0. The Bertz CT molecular complexity index is 308. The van der Waals surface area contributed by atoms with Gasteiger partial charge in [-0.2, -0.15) is 0 Å². The molecule has 0 aromatic carbocycles. The highest BCUT2D eigenvalue weighted by atomic mass is 16.4. The fourth-order valence-corrected chi connectivity index (χ4v) is 1.21. The highest BCUT2D eigenvalue weighted by molar-refractivity contribution is 5.86. The number of rotatable bonds is 7. The van der Waals surface area contributed by atoms with Crippen molar-refractivity contribution < 1.29 is 24.6 Å². The molecule has 0 saturated heterocycles. The van der Waals surface area contributed by atoms with Gasteiger partial charge in [0.15, 0.2) is 0 Å². The van der Waals surface area contributed by atoms with Gasteiger partial charge in [0.2, 0.25) is 5.91 Å². The Morgan fingerprint density at radius 1 is 1.33 bits per heavy atom. The molecule has 0 aliphatic carbocycles. The first-order chi connectivity index (χ1) is 8.46. The quantitative estimate of drug-likeness (QED) is 0.449. The lowest BCUT2D eigenvalue weighted by Crippen LogP contribution is -2.50. The van der Waals surface area contributed by atoms with Gasteiger partial charge in [0.1, 0.15) is 12.6 Å². The van der Waals surface area contributed by atoms with Crippen molar-refractivity contribution in [1.82, 2.24) is 15.5 Å². The third kappa shape index (κ3) is 5.48. The molecule has 0 radical (unpaired) electrons. The van der Waals surface area contributed by atoms with E-state index < -0.39 is 18.0 Å². The molecule has 104 valence electrons. The van der Waals surface area contributed by atoms with Crippen molar-refractivity contribution in [1.29, 1.82) is 0 Å². The summed E-state index contributed by atoms with van der Waals surface area (Å²) in [5.74, 6) is -1.57. The second-order valence-electron chi connectivity index (χ2n) is 3.54. The Morgan fingerprint density at radius 3 is 2.33 bits per heavy atom. The monoisotopic (exact) mass is 261 g/mol. The van der Waals surface area contributed by atoms with Crippen LogP contribution in [-0.4, -0.2) is 65.8 Å². The SMILES string of the molecule is CCN(CC(=O)NC)C(=O)NC(CCO)C(=O)O. The van der Waals surface area contributed by atoms with Crippen LogP contribution < -0.4 is 10.6 Å². The van der Waals surface area contributed by atoms with E-state index in [1.54, 1.807) is 6.92 Å². The second-order valence-corrected chi connectivity index (χ2v) is 3.54. The molecule has 1 unspecified atom stereocenters. The Morgan fingerprint density at radius 2 is 1.94 bits per heavy atom. The zero-order chi connectivity index (χ0) is 14.1. The normalized spacial score (nSPS) is 11.5. The van der Waals surface area contributed by atoms with E-state index in [9.17, 15) is 14.4 Å². The largest absolute Gasteiger partial charge is 0.480 e. The van der Waals surface area contributed by atoms with Crippen molar-refractivity contribution in [2.24, 2.45) is 0 Å². The fourth-order valence-electron chi connectivity index (χ4n) is 1.21. The number of aliphatic hydroxyl groups is 1. The summed E-state index contributed by atoms with van der Waals surface area (Å²) >= 11 is 0. The molecule has 0 heterocycles. The number of aliphatic carboxylic acids is 1. The minimum Gasteiger partial charge on any atom is -0.480 e. The topological polar surface area (TPSA) is 119 Å². The second kappa shape index (κ2) is 8.29. The highest BCUT2D eigenvalue weighted by Crippen LogP contribution is 1.96. The molecular weight excluding hydrogens is 242 g/mol. The standard InChI is InChI=1S/C10H19N3O5/c1-3-13(6-8(15)11-2)10(18)12-7(4-5-14)9(16)17/h7,14H,3-6H2,1-2H3,(H,11,15)(H,12,18)(H,16,17). The minimum atomic E-state index is -1.23. The van der Waals surface area contributed by atoms with Crippen LogP contribution in [0.25, 0.3) is 0 Å². The summed E-state index contributed by atoms with van der Waals surface area (Å²) in [6.45, 7) is 1.44. The van der Waals surface area contributed by atoms with Crippen molar-refractivity contribution in [3.8, 4) is 0 Å². The van der Waals surface area contributed by atoms with Gasteiger partial charge >= 0.3 is 12.0 Å². The van der Waals surface area contributed by atoms with Crippen LogP contribution in [0.1, 0.15) is 13.3 Å². The number of urea groups is 1. The molecule has 0 aromatic heterocycles. The smallest absolute Gasteiger partial charge is 0.326 e. The summed E-state index contributed by atoms with van der Waals surface area (Å²) < 4.78 is 0. The summed E-state index contributed by atoms with van der Waals surface area (Å²) in [6.07, 6.45) is -0.0847. The molecule has 18 heavy (non-hydrogen) atoms. The average Bonchev–Trinajstić information content (AvgIpc) is 2.34. The number of carboxylic acids is 1. The molecule has 3 amide bonds. The highest BCUT2D eigenvalue weighted by Gasteiger charge is 2.22. The zero-order valence-electron chi connectivity index (χ0n) is 10.5. The van der Waals surface area contributed by atoms with E-state index in [-0.39, 0.29) is 32.0 Å². The van der Waals surface area contributed by atoms with Crippen molar-refractivity contribution in [3.05, 3.63) is 0 Å². The van der Waals surface area contributed by atoms with Crippen LogP contribution in [0, 0.1) is 0 Å². The van der Waals surface area contributed by atoms with E-state index in [2.05, 4.69) is 10.6 Å². The molecule has 0 saturated carbocycles. The van der Waals surface area contributed by atoms with Crippen molar-refractivity contribution in [3.63, 3.8) is 0 Å². The Labute approximate surface area is 105 Å². The molecule has 0 aromatic rings. The van der Waals surface area contributed by atoms with Gasteiger partial charge in [-0.05, 0) is 6.92 Å². The first-order valence-corrected chi connectivity index (χ1v) is 5.55. The predicted molar refractivity (Wildman–Crippen MR) is 63.0 cm³/mol. The number of nitrogens with zero attached hydrogens (tertiary/aromatic N) is 1. The van der Waals surface area contributed by atoms with Crippen LogP contribution in [0.5, 0.6) is 0 Å². The van der Waals surface area contributed by atoms with Crippen LogP contribution in [0.15, 0.2) is 0 Å². The summed E-state index contributed by atoms with van der Waals surface area (Å²) in [6, 6.07) is -1.82. The number of carbonyl (C=O) groups is 3. The van der Waals surface area contributed by atoms with Crippen LogP contribution in [0.4, 0.5) is 4.79 Å². The van der Waals surface area contributed by atoms with E-state index in [0.717, 1.165) is 0 Å². The lowest BCUT2D eigenvalue weighted by atomic mass is 10.2. The van der Waals surface area contributed by atoms with Crippen LogP contribution >= 0.6 is 0 Å². The fraction of sp³-hybridized carbons (Fsp3) is 0.700. The van der Waals surface area contributed by atoms with E-state index in [1.807, 2.05) is 0 Å². The molecule has 0 rings (SSSR count). The number of likely N-dealkylation sites (N-methyl/N-ethyl adjacent to an activating group) is 2. The molecule has 0 aliphatic rings. The van der Waals surface area contributed by atoms with E-state index >= 15 is 0 Å². The van der Waals surface area contributed by atoms with Crippen molar-refractivity contribution >= 4 is 17.9 Å². The number of amides is 3. The predicted octanol–water partition coefficient (Wildman–Crippen LogP) is -1.40. The zero-order valence-corrected chi connectivity index (χ0v) is 10.5. The number of hydrogen-bond donors (Lipinski definition) is 4. The first-order valence-electron chi connectivity index (χ1n) is 5.55. The van der Waals surface area contributed by atoms with Gasteiger partial charge in [0, 0.05) is 26.6 Å². The first kappa shape index (κ1) is 16.2. The number of nitrogens with one attached hydrogen (secondary N) is 2. The maximum Gasteiger partial charge on any atom is 0.326 e. The number of aliphatic hydroxyl groups excluding tert-OH is 1. The van der Waals surface area contributed by atoms with Gasteiger partial charge in [-0.3, -0.25) is 4.79 Å². The van der Waals surface area contributed by atoms with E-state index in [0.29, 0.717) is 0 Å². The third-order valence-corrected chi connectivity index (χ3v) is 2.30. The Hall–Kier alpha value is -1.83. The van der Waals surface area contributed by atoms with E-state index in [1.165, 1.54) is 11.9 Å². The molecule has 0 spiro atoms. The molecule has 1 atom stereocenters. The number of carboxylic acid groups (broad SMARTS) is 1. The molecule has 8 heteroatoms. The van der Waals surface area contributed by atoms with Crippen LogP contribution in [0.3, 0.4) is 0 Å². The summed E-state index contributed by atoms with van der Waals surface area (Å²) in [4.78, 5) is 34.8. The molecule has 0 bridgehead atoms. The van der Waals surface area contributed by atoms with E-state index in [4.69, 9.17) is 10.2 Å². The van der Waals surface area contributed by atoms with Crippen molar-refractivity contribution in [2.75, 3.05) is 26.7 Å². The number of carbonyl (C=O) groups excluding carboxylic acids is 2. The Kier molecular flexibility index (Phi) is 7.45. The van der Waals surface area contributed by atoms with Crippen molar-refractivity contribution in [2.45, 2.75) is 19.4 Å². The average molecular weight is 261 g/mol. The summed E-state index contributed by atoms with van der Waals surface area (Å²) in [5, 5.41) is 22.1. The molecule has 8 nitrogen and oxygen atoms in total. The number of hydrogen-bond acceptors (Lipinski definition) is 4. The molecule has 4 N–H and O–H groups in total. The van der Waals surface area contributed by atoms with Gasteiger partial charge in [-0.15, -0.1) is 0 Å². The molecular formula is C10H19N3O5. The maximum atomic E-state index is 11.7. The maximum absolute atomic E-state index is 11.7. The third-order valence-electron chi connectivity index (χ3n) is 2.30. The van der Waals surface area contributed by atoms with Gasteiger partial charge in [0.25, 0.3) is 0 Å². The lowest BCUT2D eigenvalue weighted by Gasteiger charge is -2.22. The molecule has 0 aliphatic heterocycles. The Balaban J connectivity index is 4.49. The lowest BCUT2D eigenvalue weighted by molar-refractivity contribution is -0.139. The van der Waals surface area contributed by atoms with Crippen LogP contribution in [-0.2, 0) is 9.59 Å². The van der Waals surface area contributed by atoms with Gasteiger partial charge in [-0.1, -0.05) is 0 Å². The van der Waals surface area contributed by atoms with Gasteiger partial charge in [0.05, 0.1) is 0 Å². The van der Waals surface area contributed by atoms with Gasteiger partial charge < -0.3 is 25.7 Å².